The standard InChI is InChI=1S/C87H108N2O5/c1-54(2)25-26-60-44-63-47-83(48-64(63)45-67(60)57-19-9-6-10-20-57)38-32-72-70(83)33-40-86-73(79(93)94)29-27-62(53-90)65(56-17-7-5-8-18-56)24-14-41-88-78-30-28-61(52-89-78)58-22-13-16-55(42-58)43-68-66-23-12-11-21-59(66)46-74-69(68)49-84-36-15-35-81(3)76(91)34-39-85(74,80(81)84)71-31-37-82(86,4)87(72,51-77(86)92)75(71)50-84/h6,9-13,15-16,19-23,28,30,33,36,40,42,46,49,53-54,56,60,63-65,67,70,72-74,76-77,80,88-92H,5,7-8,14,17-18,24-27,29,31-32,34-35,37-39,41,43-45,47-48,50-52H2,1-4H3,(H,93,94). The second-order valence-electron chi connectivity index (χ2n) is 34.9. The van der Waals surface area contributed by atoms with Crippen LogP contribution in [-0.2, 0) is 11.2 Å². The number of benzene rings is 3. The lowest BCUT2D eigenvalue weighted by Crippen LogP contribution is -2.68. The van der Waals surface area contributed by atoms with Crippen molar-refractivity contribution < 1.29 is 25.2 Å². The minimum Gasteiger partial charge on any atom is -0.516 e. The normalized spacial score (nSPS) is 43.0. The van der Waals surface area contributed by atoms with Gasteiger partial charge in [-0.2, -0.15) is 0 Å². The van der Waals surface area contributed by atoms with Crippen LogP contribution in [0.5, 0.6) is 0 Å². The number of hydrogen-bond donors (Lipinski definition) is 6. The van der Waals surface area contributed by atoms with Crippen molar-refractivity contribution in [3.8, 4) is 0 Å². The zero-order chi connectivity index (χ0) is 64.2. The largest absolute Gasteiger partial charge is 0.516 e. The van der Waals surface area contributed by atoms with Crippen molar-refractivity contribution in [2.45, 2.75) is 206 Å². The zero-order valence-corrected chi connectivity index (χ0v) is 57.1. The van der Waals surface area contributed by atoms with Crippen LogP contribution in [0.1, 0.15) is 204 Å². The first-order valence-electron chi connectivity index (χ1n) is 38.2. The van der Waals surface area contributed by atoms with Gasteiger partial charge in [0, 0.05) is 46.1 Å². The van der Waals surface area contributed by atoms with E-state index < -0.39 is 45.8 Å². The fourth-order valence-corrected chi connectivity index (χ4v) is 27.3. The van der Waals surface area contributed by atoms with E-state index in [2.05, 4.69) is 166 Å². The quantitative estimate of drug-likeness (QED) is 0.107. The summed E-state index contributed by atoms with van der Waals surface area (Å²) in [5.74, 6) is 4.03. The second-order valence-corrected chi connectivity index (χ2v) is 34.9. The van der Waals surface area contributed by atoms with Gasteiger partial charge in [-0.1, -0.05) is 186 Å². The Labute approximate surface area is 561 Å². The molecule has 94 heavy (non-hydrogen) atoms. The van der Waals surface area contributed by atoms with Crippen LogP contribution in [0.4, 0.5) is 0 Å². The molecule has 7 heteroatoms. The number of aliphatic hydroxyl groups is 3. The molecule has 3 aromatic carbocycles. The summed E-state index contributed by atoms with van der Waals surface area (Å²) in [6, 6.07) is 30.3. The van der Waals surface area contributed by atoms with Crippen LogP contribution in [0.15, 0.2) is 156 Å². The molecule has 6 fully saturated rings. The third-order valence-corrected chi connectivity index (χ3v) is 30.9. The number of rotatable bonds is 6. The Morgan fingerprint density at radius 3 is 2.38 bits per heavy atom. The maximum atomic E-state index is 15.3. The average Bonchev–Trinajstić information content (AvgIpc) is 1.27. The maximum Gasteiger partial charge on any atom is 0.307 e. The molecule has 496 valence electrons. The summed E-state index contributed by atoms with van der Waals surface area (Å²) in [5.41, 5.74) is 9.53. The zero-order valence-electron chi connectivity index (χ0n) is 57.1. The van der Waals surface area contributed by atoms with Gasteiger partial charge in [0.2, 0.25) is 0 Å². The van der Waals surface area contributed by atoms with Crippen molar-refractivity contribution in [1.29, 1.82) is 0 Å². The maximum absolute atomic E-state index is 15.3. The van der Waals surface area contributed by atoms with Gasteiger partial charge < -0.3 is 31.1 Å². The summed E-state index contributed by atoms with van der Waals surface area (Å²) in [5, 5.41) is 61.5. The summed E-state index contributed by atoms with van der Waals surface area (Å²) in [6.07, 6.45) is 45.6. The number of hydrogen-bond acceptors (Lipinski definition) is 6. The Bertz CT molecular complexity index is 3880. The Morgan fingerprint density at radius 1 is 0.766 bits per heavy atom. The van der Waals surface area contributed by atoms with Gasteiger partial charge in [-0.05, 0) is 260 Å². The van der Waals surface area contributed by atoms with Crippen molar-refractivity contribution in [1.82, 2.24) is 10.6 Å². The van der Waals surface area contributed by atoms with Crippen molar-refractivity contribution in [2.24, 2.45) is 103 Å². The SMILES string of the molecule is CC(C)CCC1CC2CC3(CCC4C3C=CC35C(O)CC46C4=C(CCC63C)C36CCC(O)C7(C)CC=CC(C=C8C(=c9ccccc9=CC83)Cc3cccc(c3)C3=CC=C(NCCCC(C8CCCCC8)C(=CO)CCC5C(=O)O)NC3)(C4)C76)CC2CC1c1ccccc1. The smallest absolute Gasteiger partial charge is 0.307 e. The molecule has 18 aliphatic rings. The van der Waals surface area contributed by atoms with Gasteiger partial charge >= 0.3 is 5.97 Å². The Balaban J connectivity index is 0.866. The van der Waals surface area contributed by atoms with Crippen LogP contribution in [0.25, 0.3) is 17.2 Å². The van der Waals surface area contributed by atoms with E-state index in [0.29, 0.717) is 54.8 Å². The third-order valence-electron chi connectivity index (χ3n) is 30.9. The van der Waals surface area contributed by atoms with E-state index in [1.165, 1.54) is 114 Å². The highest BCUT2D eigenvalue weighted by Crippen LogP contribution is 2.86. The molecule has 6 heterocycles. The molecular weight excluding hydrogens is 1150 g/mol. The van der Waals surface area contributed by atoms with Crippen molar-refractivity contribution in [3.63, 3.8) is 0 Å². The van der Waals surface area contributed by atoms with Crippen LogP contribution in [0, 0.1) is 103 Å². The first kappa shape index (κ1) is 61.9. The molecule has 0 amide bonds. The molecule has 6 aliphatic heterocycles. The average molecular weight is 1260 g/mol. The number of fused-ring (bicyclic) bond motifs is 4. The van der Waals surface area contributed by atoms with Gasteiger partial charge in [0.05, 0.1) is 30.2 Å². The molecule has 0 aromatic heterocycles. The van der Waals surface area contributed by atoms with Crippen LogP contribution in [-0.4, -0.2) is 51.7 Å². The molecule has 3 aromatic rings. The lowest BCUT2D eigenvalue weighted by atomic mass is 9.30. The highest BCUT2D eigenvalue weighted by Gasteiger charge is 2.81. The fourth-order valence-electron chi connectivity index (χ4n) is 27.3. The lowest BCUT2D eigenvalue weighted by Gasteiger charge is -2.73. The first-order valence-corrected chi connectivity index (χ1v) is 38.2. The first-order chi connectivity index (χ1) is 45.6. The van der Waals surface area contributed by atoms with Crippen molar-refractivity contribution in [2.75, 3.05) is 13.1 Å². The highest BCUT2D eigenvalue weighted by atomic mass is 16.4. The molecule has 3 spiro atoms. The fraction of sp³-hybridized carbons (Fsp3) is 0.598. The van der Waals surface area contributed by atoms with E-state index >= 15 is 4.79 Å². The summed E-state index contributed by atoms with van der Waals surface area (Å²) < 4.78 is 0. The number of carbonyl (C=O) groups is 1. The van der Waals surface area contributed by atoms with Crippen LogP contribution in [0.2, 0.25) is 0 Å². The van der Waals surface area contributed by atoms with Crippen molar-refractivity contribution >= 4 is 23.2 Å². The predicted molar refractivity (Wildman–Crippen MR) is 378 cm³/mol. The van der Waals surface area contributed by atoms with Gasteiger partial charge in [-0.25, -0.2) is 0 Å². The third kappa shape index (κ3) is 8.94. The number of carboxylic acid groups (broad SMARTS) is 1. The monoisotopic (exact) mass is 1260 g/mol. The molecule has 7 nitrogen and oxygen atoms in total. The molecule has 6 N–H and O–H groups in total. The van der Waals surface area contributed by atoms with Crippen LogP contribution >= 0.6 is 0 Å². The second kappa shape index (κ2) is 23.0. The minimum atomic E-state index is -1.05. The molecular formula is C87H108N2O5. The van der Waals surface area contributed by atoms with Crippen LogP contribution < -0.4 is 21.1 Å². The Morgan fingerprint density at radius 2 is 1.59 bits per heavy atom. The number of nitrogens with one attached hydrogen (secondary N) is 2. The van der Waals surface area contributed by atoms with E-state index in [1.54, 1.807) is 11.1 Å². The number of dihydropyridines is 1. The number of aliphatic carboxylic acids is 1. The molecule has 6 saturated carbocycles. The summed E-state index contributed by atoms with van der Waals surface area (Å²) >= 11 is 0. The van der Waals surface area contributed by atoms with Gasteiger partial charge in [-0.3, -0.25) is 4.79 Å². The van der Waals surface area contributed by atoms with Gasteiger partial charge in [0.1, 0.15) is 0 Å². The van der Waals surface area contributed by atoms with E-state index in [0.717, 1.165) is 102 Å². The molecule has 21 rings (SSSR count). The molecule has 14 bridgehead atoms. The van der Waals surface area contributed by atoms with Gasteiger partial charge in [0.25, 0.3) is 0 Å². The molecule has 0 saturated heterocycles. The number of allylic oxidation sites excluding steroid dienone is 10. The molecule has 0 radical (unpaired) electrons. The van der Waals surface area contributed by atoms with E-state index in [4.69, 9.17) is 0 Å². The Hall–Kier alpha value is -5.63. The minimum absolute atomic E-state index is 0.0837. The number of aliphatic hydroxyl groups excluding tert-OH is 3. The molecule has 12 aliphatic carbocycles. The van der Waals surface area contributed by atoms with Gasteiger partial charge in [0.15, 0.2) is 0 Å². The molecule has 19 atom stereocenters. The highest BCUT2D eigenvalue weighted by molar-refractivity contribution is 5.78. The topological polar surface area (TPSA) is 122 Å². The predicted octanol–water partition coefficient (Wildman–Crippen LogP) is 16.9. The van der Waals surface area contributed by atoms with Gasteiger partial charge in [-0.15, -0.1) is 0 Å². The van der Waals surface area contributed by atoms with E-state index in [1.807, 2.05) is 0 Å². The summed E-state index contributed by atoms with van der Waals surface area (Å²) in [7, 11) is 0. The summed E-state index contributed by atoms with van der Waals surface area (Å²) in [4.78, 5) is 15.3. The van der Waals surface area contributed by atoms with E-state index in [9.17, 15) is 20.4 Å². The van der Waals surface area contributed by atoms with Crippen molar-refractivity contribution in [3.05, 3.63) is 183 Å². The lowest BCUT2D eigenvalue weighted by molar-refractivity contribution is -0.168. The summed E-state index contributed by atoms with van der Waals surface area (Å²) in [6.45, 7) is 11.4. The Kier molecular flexibility index (Phi) is 15.1. The van der Waals surface area contributed by atoms with Crippen LogP contribution in [0.3, 0.4) is 0 Å². The van der Waals surface area contributed by atoms with E-state index in [-0.39, 0.29) is 45.8 Å². The number of carboxylic acids is 1. The molecule has 19 unspecified atom stereocenters.